The van der Waals surface area contributed by atoms with Crippen molar-refractivity contribution in [3.8, 4) is 11.5 Å². The summed E-state index contributed by atoms with van der Waals surface area (Å²) in [5.41, 5.74) is 1.58. The molecule has 2 bridgehead atoms. The minimum Gasteiger partial charge on any atom is -0.493 e. The first-order valence-electron chi connectivity index (χ1n) is 20.0. The topological polar surface area (TPSA) is 150 Å². The van der Waals surface area contributed by atoms with Crippen LogP contribution in [-0.2, 0) is 9.59 Å². The molecule has 0 radical (unpaired) electrons. The number of anilines is 3. The molecule has 2 N–H and O–H groups in total. The summed E-state index contributed by atoms with van der Waals surface area (Å²) in [7, 11) is 1.59. The maximum Gasteiger partial charge on any atom is 0.262 e. The van der Waals surface area contributed by atoms with Crippen LogP contribution in [0.1, 0.15) is 59.2 Å². The molecule has 3 aromatic carbocycles. The van der Waals surface area contributed by atoms with E-state index in [1.165, 1.54) is 24.5 Å². The van der Waals surface area contributed by atoms with E-state index in [0.717, 1.165) is 68.2 Å². The number of likely N-dealkylation sites (tertiary alicyclic amines) is 1. The van der Waals surface area contributed by atoms with Crippen LogP contribution in [-0.4, -0.2) is 119 Å². The molecular formula is C42H43ClF2N8O6. The van der Waals surface area contributed by atoms with E-state index in [2.05, 4.69) is 30.4 Å². The van der Waals surface area contributed by atoms with E-state index in [1.807, 2.05) is 11.0 Å². The number of aromatic nitrogens is 2. The molecule has 0 aliphatic carbocycles. The lowest BCUT2D eigenvalue weighted by atomic mass is 9.84. The molecule has 7 heterocycles. The first-order valence-corrected chi connectivity index (χ1v) is 20.4. The van der Waals surface area contributed by atoms with Crippen LogP contribution in [0, 0.1) is 17.6 Å². The van der Waals surface area contributed by atoms with Gasteiger partial charge in [0.15, 0.2) is 11.5 Å². The van der Waals surface area contributed by atoms with Gasteiger partial charge in [0.2, 0.25) is 11.8 Å². The smallest absolute Gasteiger partial charge is 0.262 e. The standard InChI is InChI=1S/C42H43ClF2N8O6/c1-58-36-18-33-29(39(47-22-46-33)48-24-3-4-31(44)30(43)13-24)17-37(36)59-12-2-9-50-10-7-23(8-11-50)19-52-25-14-26(52)21-51(20-25)35-16-28-27(15-32(35)45)41(56)53(42(28)57)34-5-6-38(54)49-40(34)55/h3-4,13,15-18,22-23,25-26,34H,2,5-12,14,19-21H2,1H3,(H,46,47,48)(H,49,54,55). The first kappa shape index (κ1) is 39.0. The third kappa shape index (κ3) is 7.53. The number of hydrogen-bond acceptors (Lipinski definition) is 12. The molecule has 0 saturated carbocycles. The molecule has 4 amide bonds. The molecule has 5 fully saturated rings. The summed E-state index contributed by atoms with van der Waals surface area (Å²) in [6.45, 7) is 5.65. The number of hydrogen-bond donors (Lipinski definition) is 2. The van der Waals surface area contributed by atoms with Crippen LogP contribution in [0.15, 0.2) is 48.8 Å². The Hall–Kier alpha value is -5.45. The molecule has 308 valence electrons. The van der Waals surface area contributed by atoms with Gasteiger partial charge < -0.3 is 24.6 Å². The second-order valence-corrected chi connectivity index (χ2v) is 16.3. The SMILES string of the molecule is COc1cc2ncnc(Nc3ccc(F)c(Cl)c3)c2cc1OCCCN1CCC(CN2C3CC2CN(c2cc4c(cc2F)C(=O)N(C2CCC(=O)NC2=O)C4=O)C3)CC1. The van der Waals surface area contributed by atoms with E-state index in [9.17, 15) is 23.6 Å². The van der Waals surface area contributed by atoms with Crippen LogP contribution in [0.25, 0.3) is 10.9 Å². The Morgan fingerprint density at radius 2 is 1.68 bits per heavy atom. The highest BCUT2D eigenvalue weighted by atomic mass is 35.5. The van der Waals surface area contributed by atoms with Gasteiger partial charge in [-0.15, -0.1) is 0 Å². The van der Waals surface area contributed by atoms with Crippen LogP contribution < -0.4 is 25.0 Å². The Kier molecular flexibility index (Phi) is 10.6. The van der Waals surface area contributed by atoms with E-state index in [4.69, 9.17) is 21.1 Å². The van der Waals surface area contributed by atoms with Crippen LogP contribution in [0.3, 0.4) is 0 Å². The number of methoxy groups -OCH3 is 1. The molecular weight excluding hydrogens is 786 g/mol. The van der Waals surface area contributed by atoms with Crippen LogP contribution in [0.2, 0.25) is 5.02 Å². The van der Waals surface area contributed by atoms with Crippen molar-refractivity contribution in [2.75, 3.05) is 63.2 Å². The highest BCUT2D eigenvalue weighted by Gasteiger charge is 2.48. The Morgan fingerprint density at radius 1 is 0.915 bits per heavy atom. The summed E-state index contributed by atoms with van der Waals surface area (Å²) < 4.78 is 41.1. The van der Waals surface area contributed by atoms with Crippen LogP contribution >= 0.6 is 11.6 Å². The fraction of sp³-hybridized carbons (Fsp3) is 0.429. The van der Waals surface area contributed by atoms with Crippen molar-refractivity contribution in [1.29, 1.82) is 0 Å². The third-order valence-corrected chi connectivity index (χ3v) is 12.6. The highest BCUT2D eigenvalue weighted by molar-refractivity contribution is 6.31. The van der Waals surface area contributed by atoms with Gasteiger partial charge in [0.05, 0.1) is 41.1 Å². The van der Waals surface area contributed by atoms with Gasteiger partial charge in [0, 0.05) is 61.8 Å². The van der Waals surface area contributed by atoms with Crippen molar-refractivity contribution in [3.05, 3.63) is 76.6 Å². The summed E-state index contributed by atoms with van der Waals surface area (Å²) in [5.74, 6) is -1.33. The van der Waals surface area contributed by atoms with Crippen molar-refractivity contribution in [2.45, 2.75) is 56.7 Å². The van der Waals surface area contributed by atoms with E-state index in [-0.39, 0.29) is 41.1 Å². The zero-order chi connectivity index (χ0) is 40.9. The summed E-state index contributed by atoms with van der Waals surface area (Å²) in [6.07, 6.45) is 5.56. The molecule has 10 rings (SSSR count). The summed E-state index contributed by atoms with van der Waals surface area (Å²) in [5, 5.41) is 6.11. The fourth-order valence-electron chi connectivity index (χ4n) is 9.21. The molecule has 3 unspecified atom stereocenters. The van der Waals surface area contributed by atoms with Crippen LogP contribution in [0.4, 0.5) is 26.0 Å². The lowest BCUT2D eigenvalue weighted by Crippen LogP contribution is -2.69. The quantitative estimate of drug-likeness (QED) is 0.144. The van der Waals surface area contributed by atoms with Crippen LogP contribution in [0.5, 0.6) is 11.5 Å². The molecule has 6 aliphatic heterocycles. The molecule has 5 saturated heterocycles. The zero-order valence-corrected chi connectivity index (χ0v) is 33.1. The van der Waals surface area contributed by atoms with Crippen molar-refractivity contribution < 1.29 is 37.4 Å². The normalized spacial score (nSPS) is 22.4. The number of piperidine rings is 3. The Balaban J connectivity index is 0.746. The summed E-state index contributed by atoms with van der Waals surface area (Å²) >= 11 is 5.98. The maximum absolute atomic E-state index is 15.6. The van der Waals surface area contributed by atoms with Crippen molar-refractivity contribution in [1.82, 2.24) is 30.0 Å². The number of rotatable bonds is 12. The van der Waals surface area contributed by atoms with Gasteiger partial charge in [-0.1, -0.05) is 11.6 Å². The third-order valence-electron chi connectivity index (χ3n) is 12.3. The van der Waals surface area contributed by atoms with E-state index < -0.39 is 41.3 Å². The average Bonchev–Trinajstić information content (AvgIpc) is 3.47. The second kappa shape index (κ2) is 16.0. The minimum atomic E-state index is -1.10. The molecule has 4 aromatic rings. The number of ether oxygens (including phenoxy) is 2. The predicted octanol–water partition coefficient (Wildman–Crippen LogP) is 5.16. The summed E-state index contributed by atoms with van der Waals surface area (Å²) in [6, 6.07) is 10.1. The number of benzene rings is 3. The summed E-state index contributed by atoms with van der Waals surface area (Å²) in [4.78, 5) is 67.3. The highest BCUT2D eigenvalue weighted by Crippen LogP contribution is 2.40. The van der Waals surface area contributed by atoms with Crippen molar-refractivity contribution >= 4 is 63.3 Å². The number of carbonyl (C=O) groups is 4. The number of piperazine rings is 1. The van der Waals surface area contributed by atoms with Gasteiger partial charge in [-0.05, 0) is 87.5 Å². The monoisotopic (exact) mass is 828 g/mol. The molecule has 59 heavy (non-hydrogen) atoms. The van der Waals surface area contributed by atoms with E-state index in [0.29, 0.717) is 59.8 Å². The van der Waals surface area contributed by atoms with Gasteiger partial charge in [0.1, 0.15) is 29.8 Å². The molecule has 1 aromatic heterocycles. The maximum atomic E-state index is 15.6. The molecule has 6 aliphatic rings. The second-order valence-electron chi connectivity index (χ2n) is 15.9. The molecule has 14 nitrogen and oxygen atoms in total. The zero-order valence-electron chi connectivity index (χ0n) is 32.4. The van der Waals surface area contributed by atoms with Crippen molar-refractivity contribution in [2.24, 2.45) is 5.92 Å². The van der Waals surface area contributed by atoms with Gasteiger partial charge in [-0.25, -0.2) is 18.7 Å². The lowest BCUT2D eigenvalue weighted by Gasteiger charge is -2.58. The van der Waals surface area contributed by atoms with E-state index in [1.54, 1.807) is 19.2 Å². The molecule has 3 atom stereocenters. The van der Waals surface area contributed by atoms with Gasteiger partial charge in [-0.3, -0.25) is 34.3 Å². The number of amides is 4. The lowest BCUT2D eigenvalue weighted by molar-refractivity contribution is -0.136. The number of carbonyl (C=O) groups excluding carboxylic acids is 4. The Bertz CT molecular complexity index is 2350. The fourth-order valence-corrected chi connectivity index (χ4v) is 9.39. The average molecular weight is 829 g/mol. The predicted molar refractivity (Wildman–Crippen MR) is 214 cm³/mol. The number of nitrogens with one attached hydrogen (secondary N) is 2. The van der Waals surface area contributed by atoms with Gasteiger partial charge >= 0.3 is 0 Å². The van der Waals surface area contributed by atoms with Gasteiger partial charge in [0.25, 0.3) is 11.8 Å². The number of nitrogens with zero attached hydrogens (tertiary/aromatic N) is 6. The first-order chi connectivity index (χ1) is 28.5. The Labute approximate surface area is 343 Å². The Morgan fingerprint density at radius 3 is 2.41 bits per heavy atom. The van der Waals surface area contributed by atoms with E-state index >= 15 is 4.39 Å². The minimum absolute atomic E-state index is 0.00684. The van der Waals surface area contributed by atoms with Gasteiger partial charge in [-0.2, -0.15) is 0 Å². The number of imide groups is 2. The molecule has 17 heteroatoms. The van der Waals surface area contributed by atoms with Crippen molar-refractivity contribution in [3.63, 3.8) is 0 Å². The number of fused-ring (bicyclic) bond motifs is 4. The molecule has 0 spiro atoms. The largest absolute Gasteiger partial charge is 0.493 e. The number of halogens is 3.